The third-order valence-electron chi connectivity index (χ3n) is 8.97. The molecule has 292 valence electrons. The van der Waals surface area contributed by atoms with Crippen molar-refractivity contribution in [3.63, 3.8) is 0 Å². The van der Waals surface area contributed by atoms with Gasteiger partial charge in [-0.05, 0) is 96.3 Å². The molecule has 0 bridgehead atoms. The standard InChI is InChI=1S/C43H79NO5S/c1-5-7-9-11-13-15-17-19-21-23-25-27-29-31-33-35-38-42(49-43(45)44(3)40-37-41-48-50(4,46)47)39-36-34-32-30-28-26-24-22-20-18-16-14-12-10-8-6-2/h13-16,19-22,42H,5-12,17-18,23-41H2,1-4H3. The first kappa shape index (κ1) is 48.1. The Morgan fingerprint density at radius 3 is 1.34 bits per heavy atom. The molecule has 1 amide bonds. The Bertz CT molecular complexity index is 924. The molecule has 0 heterocycles. The second-order valence-corrected chi connectivity index (χ2v) is 15.7. The van der Waals surface area contributed by atoms with Gasteiger partial charge >= 0.3 is 6.09 Å². The van der Waals surface area contributed by atoms with Crippen molar-refractivity contribution >= 4 is 16.2 Å². The smallest absolute Gasteiger partial charge is 0.409 e. The van der Waals surface area contributed by atoms with Gasteiger partial charge in [0.1, 0.15) is 6.10 Å². The second-order valence-electron chi connectivity index (χ2n) is 14.1. The molecular weight excluding hydrogens is 643 g/mol. The van der Waals surface area contributed by atoms with Gasteiger partial charge in [0.15, 0.2) is 0 Å². The Morgan fingerprint density at radius 2 is 0.940 bits per heavy atom. The Labute approximate surface area is 310 Å². The zero-order chi connectivity index (χ0) is 36.8. The van der Waals surface area contributed by atoms with Crippen molar-refractivity contribution in [1.82, 2.24) is 4.90 Å². The van der Waals surface area contributed by atoms with Crippen molar-refractivity contribution in [2.24, 2.45) is 0 Å². The maximum Gasteiger partial charge on any atom is 0.409 e. The summed E-state index contributed by atoms with van der Waals surface area (Å²) in [6.45, 7) is 4.96. The van der Waals surface area contributed by atoms with Gasteiger partial charge in [0, 0.05) is 13.6 Å². The third-order valence-corrected chi connectivity index (χ3v) is 9.56. The number of unbranched alkanes of at least 4 members (excludes halogenated alkanes) is 18. The van der Waals surface area contributed by atoms with E-state index in [4.69, 9.17) is 8.92 Å². The van der Waals surface area contributed by atoms with Crippen LogP contribution in [0.4, 0.5) is 4.79 Å². The highest BCUT2D eigenvalue weighted by Gasteiger charge is 2.17. The van der Waals surface area contributed by atoms with E-state index < -0.39 is 10.1 Å². The van der Waals surface area contributed by atoms with Crippen LogP contribution in [0.5, 0.6) is 0 Å². The summed E-state index contributed by atoms with van der Waals surface area (Å²) in [6.07, 6.45) is 50.7. The van der Waals surface area contributed by atoms with E-state index in [9.17, 15) is 13.2 Å². The Morgan fingerprint density at radius 1 is 0.560 bits per heavy atom. The first-order chi connectivity index (χ1) is 24.3. The Kier molecular flexibility index (Phi) is 35.5. The predicted octanol–water partition coefficient (Wildman–Crippen LogP) is 13.2. The molecule has 0 unspecified atom stereocenters. The molecule has 0 saturated carbocycles. The minimum Gasteiger partial charge on any atom is -0.446 e. The lowest BCUT2D eigenvalue weighted by molar-refractivity contribution is 0.0574. The van der Waals surface area contributed by atoms with Gasteiger partial charge in [0.25, 0.3) is 10.1 Å². The minimum atomic E-state index is -3.47. The minimum absolute atomic E-state index is 0.0612. The molecule has 0 aliphatic carbocycles. The summed E-state index contributed by atoms with van der Waals surface area (Å²) in [7, 11) is -1.76. The molecule has 0 atom stereocenters. The fourth-order valence-electron chi connectivity index (χ4n) is 5.82. The van der Waals surface area contributed by atoms with Crippen LogP contribution >= 0.6 is 0 Å². The van der Waals surface area contributed by atoms with Gasteiger partial charge in [-0.2, -0.15) is 8.42 Å². The molecule has 0 aromatic heterocycles. The normalized spacial score (nSPS) is 13.0. The van der Waals surface area contributed by atoms with Crippen LogP contribution in [0.3, 0.4) is 0 Å². The zero-order valence-electron chi connectivity index (χ0n) is 33.1. The van der Waals surface area contributed by atoms with Gasteiger partial charge < -0.3 is 9.64 Å². The number of carbonyl (C=O) groups excluding carboxylic acids is 1. The van der Waals surface area contributed by atoms with Crippen LogP contribution in [0.15, 0.2) is 48.6 Å². The number of rotatable bonds is 36. The highest BCUT2D eigenvalue weighted by atomic mass is 32.2. The second kappa shape index (κ2) is 36.9. The molecule has 0 spiro atoms. The van der Waals surface area contributed by atoms with Crippen molar-refractivity contribution in [3.8, 4) is 0 Å². The van der Waals surface area contributed by atoms with Gasteiger partial charge in [-0.3, -0.25) is 4.18 Å². The number of carbonyl (C=O) groups is 1. The van der Waals surface area contributed by atoms with Crippen LogP contribution in [-0.2, 0) is 19.0 Å². The molecule has 0 aromatic carbocycles. The molecule has 0 saturated heterocycles. The van der Waals surface area contributed by atoms with Crippen molar-refractivity contribution in [2.75, 3.05) is 26.5 Å². The van der Waals surface area contributed by atoms with E-state index in [-0.39, 0.29) is 18.8 Å². The van der Waals surface area contributed by atoms with Crippen molar-refractivity contribution < 1.29 is 22.1 Å². The van der Waals surface area contributed by atoms with E-state index in [1.807, 2.05) is 0 Å². The molecule has 7 heteroatoms. The summed E-state index contributed by atoms with van der Waals surface area (Å²) in [4.78, 5) is 14.4. The molecule has 0 aliphatic heterocycles. The molecule has 0 radical (unpaired) electrons. The highest BCUT2D eigenvalue weighted by molar-refractivity contribution is 7.85. The molecule has 0 aromatic rings. The van der Waals surface area contributed by atoms with E-state index >= 15 is 0 Å². The number of ether oxygens (including phenoxy) is 1. The van der Waals surface area contributed by atoms with Gasteiger partial charge in [0.05, 0.1) is 12.9 Å². The largest absolute Gasteiger partial charge is 0.446 e. The van der Waals surface area contributed by atoms with E-state index in [0.717, 1.165) is 44.8 Å². The summed E-state index contributed by atoms with van der Waals surface area (Å²) in [5.74, 6) is 0. The molecule has 0 aliphatic rings. The van der Waals surface area contributed by atoms with Crippen molar-refractivity contribution in [2.45, 2.75) is 193 Å². The first-order valence-electron chi connectivity index (χ1n) is 20.7. The average molecular weight is 722 g/mol. The van der Waals surface area contributed by atoms with E-state index in [1.165, 1.54) is 133 Å². The average Bonchev–Trinajstić information content (AvgIpc) is 3.09. The van der Waals surface area contributed by atoms with Crippen molar-refractivity contribution in [1.29, 1.82) is 0 Å². The lowest BCUT2D eigenvalue weighted by atomic mass is 10.0. The van der Waals surface area contributed by atoms with Crippen LogP contribution in [0, 0.1) is 0 Å². The predicted molar refractivity (Wildman–Crippen MR) is 216 cm³/mol. The van der Waals surface area contributed by atoms with Gasteiger partial charge in [-0.25, -0.2) is 4.79 Å². The van der Waals surface area contributed by atoms with Gasteiger partial charge in [-0.1, -0.05) is 140 Å². The van der Waals surface area contributed by atoms with Crippen LogP contribution in [-0.4, -0.2) is 52.0 Å². The van der Waals surface area contributed by atoms with Crippen LogP contribution < -0.4 is 0 Å². The topological polar surface area (TPSA) is 72.9 Å². The van der Waals surface area contributed by atoms with Crippen LogP contribution in [0.25, 0.3) is 0 Å². The lowest BCUT2D eigenvalue weighted by Gasteiger charge is -2.23. The van der Waals surface area contributed by atoms with E-state index in [2.05, 4.69) is 62.5 Å². The number of allylic oxidation sites excluding steroid dienone is 8. The third kappa shape index (κ3) is 37.4. The SMILES string of the molecule is CCCCCC=CCC=CCCCCCCCCC(CCCCCCCCC=CCC=CCCCCC)OC(=O)N(C)CCCOS(C)(=O)=O. The summed E-state index contributed by atoms with van der Waals surface area (Å²) in [5.41, 5.74) is 0. The van der Waals surface area contributed by atoms with Crippen molar-refractivity contribution in [3.05, 3.63) is 48.6 Å². The Hall–Kier alpha value is -1.86. The molecule has 0 rings (SSSR count). The van der Waals surface area contributed by atoms with E-state index in [0.29, 0.717) is 13.0 Å². The maximum absolute atomic E-state index is 12.8. The summed E-state index contributed by atoms with van der Waals surface area (Å²) < 4.78 is 33.2. The fraction of sp³-hybridized carbons (Fsp3) is 0.791. The first-order valence-corrected chi connectivity index (χ1v) is 22.5. The number of hydrogen-bond acceptors (Lipinski definition) is 5. The molecule has 0 fully saturated rings. The van der Waals surface area contributed by atoms with Gasteiger partial charge in [0.2, 0.25) is 0 Å². The number of amides is 1. The maximum atomic E-state index is 12.8. The molecular formula is C43H79NO5S. The lowest BCUT2D eigenvalue weighted by Crippen LogP contribution is -2.32. The zero-order valence-corrected chi connectivity index (χ0v) is 33.9. The monoisotopic (exact) mass is 722 g/mol. The molecule has 50 heavy (non-hydrogen) atoms. The van der Waals surface area contributed by atoms with Gasteiger partial charge in [-0.15, -0.1) is 0 Å². The molecule has 6 nitrogen and oxygen atoms in total. The summed E-state index contributed by atoms with van der Waals surface area (Å²) in [6, 6.07) is 0. The highest BCUT2D eigenvalue weighted by Crippen LogP contribution is 2.18. The van der Waals surface area contributed by atoms with Crippen LogP contribution in [0.2, 0.25) is 0 Å². The number of hydrogen-bond donors (Lipinski definition) is 0. The Balaban J connectivity index is 4.28. The fourth-order valence-corrected chi connectivity index (χ4v) is 6.24. The summed E-state index contributed by atoms with van der Waals surface area (Å²) >= 11 is 0. The van der Waals surface area contributed by atoms with Crippen LogP contribution in [0.1, 0.15) is 187 Å². The molecule has 0 N–H and O–H groups in total. The summed E-state index contributed by atoms with van der Waals surface area (Å²) in [5, 5.41) is 0. The van der Waals surface area contributed by atoms with E-state index in [1.54, 1.807) is 7.05 Å². The quantitative estimate of drug-likeness (QED) is 0.0366. The number of nitrogens with zero attached hydrogens (tertiary/aromatic N) is 1.